The Morgan fingerprint density at radius 3 is 2.89 bits per heavy atom. The van der Waals surface area contributed by atoms with Gasteiger partial charge in [0.15, 0.2) is 12.5 Å². The summed E-state index contributed by atoms with van der Waals surface area (Å²) in [5.74, 6) is -0.538. The van der Waals surface area contributed by atoms with Crippen molar-refractivity contribution in [2.75, 3.05) is 0 Å². The highest BCUT2D eigenvalue weighted by Gasteiger charge is 2.39. The van der Waals surface area contributed by atoms with Crippen LogP contribution in [-0.2, 0) is 4.84 Å². The van der Waals surface area contributed by atoms with Gasteiger partial charge < -0.3 is 5.11 Å². The zero-order valence-electron chi connectivity index (χ0n) is 9.24. The van der Waals surface area contributed by atoms with E-state index in [0.717, 1.165) is 4.90 Å². The molecule has 1 aliphatic rings. The van der Waals surface area contributed by atoms with Gasteiger partial charge in [-0.25, -0.2) is 0 Å². The first kappa shape index (κ1) is 12.6. The Labute approximate surface area is 107 Å². The Morgan fingerprint density at radius 2 is 2.28 bits per heavy atom. The Balaban J connectivity index is 2.33. The van der Waals surface area contributed by atoms with Crippen LogP contribution in [0.25, 0.3) is 0 Å². The minimum absolute atomic E-state index is 0.255. The monoisotopic (exact) mass is 272 g/mol. The van der Waals surface area contributed by atoms with Crippen molar-refractivity contribution in [3.8, 4) is 0 Å². The van der Waals surface area contributed by atoms with Crippen LogP contribution >= 0.6 is 11.6 Å². The molecule has 0 aromatic heterocycles. The number of amides is 1. The molecule has 1 N–H and O–H groups in total. The van der Waals surface area contributed by atoms with Crippen LogP contribution in [0.15, 0.2) is 18.2 Å². The van der Waals surface area contributed by atoms with Crippen LogP contribution in [0, 0.1) is 10.1 Å². The van der Waals surface area contributed by atoms with E-state index >= 15 is 0 Å². The summed E-state index contributed by atoms with van der Waals surface area (Å²) in [6.45, 7) is 1.30. The zero-order valence-corrected chi connectivity index (χ0v) is 10.00. The fraction of sp³-hybridized carbons (Fsp3) is 0.300. The molecular formula is C10H9ClN2O5. The molecule has 7 nitrogen and oxygen atoms in total. The lowest BCUT2D eigenvalue weighted by Gasteiger charge is -2.25. The fourth-order valence-electron chi connectivity index (χ4n) is 1.88. The average molecular weight is 273 g/mol. The van der Waals surface area contributed by atoms with Gasteiger partial charge in [-0.3, -0.25) is 14.5 Å². The van der Waals surface area contributed by atoms with E-state index in [2.05, 4.69) is 4.84 Å². The standard InChI is InChI=1S/C10H9ClN2O5/c1-5(18-13(16)17)12-9(14)7-3-2-6(11)4-8(7)10(12)15/h2-5,10,15H,1H3. The van der Waals surface area contributed by atoms with Gasteiger partial charge in [0.1, 0.15) is 0 Å². The van der Waals surface area contributed by atoms with E-state index in [-0.39, 0.29) is 5.56 Å². The van der Waals surface area contributed by atoms with Crippen molar-refractivity contribution in [3.63, 3.8) is 0 Å². The molecule has 2 rings (SSSR count). The molecule has 96 valence electrons. The first-order chi connectivity index (χ1) is 8.41. The van der Waals surface area contributed by atoms with Crippen molar-refractivity contribution in [2.24, 2.45) is 0 Å². The Morgan fingerprint density at radius 1 is 1.61 bits per heavy atom. The van der Waals surface area contributed by atoms with E-state index in [1.54, 1.807) is 0 Å². The SMILES string of the molecule is CC(O[N+](=O)[O-])N1C(=O)c2ccc(Cl)cc2C1O. The molecule has 1 aliphatic heterocycles. The van der Waals surface area contributed by atoms with Crippen LogP contribution in [0.3, 0.4) is 0 Å². The van der Waals surface area contributed by atoms with E-state index in [4.69, 9.17) is 11.6 Å². The fourth-order valence-corrected chi connectivity index (χ4v) is 2.06. The predicted octanol–water partition coefficient (Wildman–Crippen LogP) is 1.34. The minimum atomic E-state index is -1.30. The first-order valence-electron chi connectivity index (χ1n) is 5.03. The molecule has 0 aliphatic carbocycles. The summed E-state index contributed by atoms with van der Waals surface area (Å²) >= 11 is 5.77. The minimum Gasteiger partial charge on any atom is -0.369 e. The molecule has 0 saturated carbocycles. The number of aliphatic hydroxyl groups excluding tert-OH is 1. The number of fused-ring (bicyclic) bond motifs is 1. The number of rotatable bonds is 3. The average Bonchev–Trinajstić information content (AvgIpc) is 2.50. The summed E-state index contributed by atoms with van der Waals surface area (Å²) in [5, 5.41) is 19.6. The van der Waals surface area contributed by atoms with Gasteiger partial charge in [-0.2, -0.15) is 0 Å². The van der Waals surface area contributed by atoms with Gasteiger partial charge in [0.05, 0.1) is 0 Å². The third-order valence-electron chi connectivity index (χ3n) is 2.65. The van der Waals surface area contributed by atoms with Crippen molar-refractivity contribution in [1.29, 1.82) is 0 Å². The van der Waals surface area contributed by atoms with Gasteiger partial charge in [0.25, 0.3) is 11.0 Å². The second kappa shape index (κ2) is 4.43. The van der Waals surface area contributed by atoms with Gasteiger partial charge in [-0.1, -0.05) is 11.6 Å². The van der Waals surface area contributed by atoms with Gasteiger partial charge in [-0.05, 0) is 25.1 Å². The van der Waals surface area contributed by atoms with Crippen LogP contribution in [0.1, 0.15) is 29.1 Å². The summed E-state index contributed by atoms with van der Waals surface area (Å²) in [7, 11) is 0. The number of halogens is 1. The normalized spacial score (nSPS) is 19.6. The third-order valence-corrected chi connectivity index (χ3v) is 2.89. The van der Waals surface area contributed by atoms with E-state index in [0.29, 0.717) is 10.6 Å². The highest BCUT2D eigenvalue weighted by Crippen LogP contribution is 2.34. The number of aliphatic hydroxyl groups is 1. The lowest BCUT2D eigenvalue weighted by atomic mass is 10.1. The molecule has 1 heterocycles. The summed E-state index contributed by atoms with van der Waals surface area (Å²) in [4.78, 5) is 27.4. The molecule has 0 bridgehead atoms. The third kappa shape index (κ3) is 1.98. The smallest absolute Gasteiger partial charge is 0.296 e. The Bertz CT molecular complexity index is 521. The highest BCUT2D eigenvalue weighted by molar-refractivity contribution is 6.30. The predicted molar refractivity (Wildman–Crippen MR) is 60.1 cm³/mol. The van der Waals surface area contributed by atoms with Crippen LogP contribution in [0.4, 0.5) is 0 Å². The highest BCUT2D eigenvalue weighted by atomic mass is 35.5. The van der Waals surface area contributed by atoms with E-state index in [9.17, 15) is 20.0 Å². The number of hydrogen-bond donors (Lipinski definition) is 1. The van der Waals surface area contributed by atoms with Crippen molar-refractivity contribution in [2.45, 2.75) is 19.4 Å². The molecule has 2 atom stereocenters. The Hall–Kier alpha value is -1.86. The van der Waals surface area contributed by atoms with E-state index in [1.165, 1.54) is 25.1 Å². The van der Waals surface area contributed by atoms with Gasteiger partial charge >= 0.3 is 0 Å². The van der Waals surface area contributed by atoms with Crippen molar-refractivity contribution in [1.82, 2.24) is 4.90 Å². The molecule has 1 aromatic carbocycles. The van der Waals surface area contributed by atoms with Crippen LogP contribution in [-0.4, -0.2) is 27.2 Å². The van der Waals surface area contributed by atoms with Crippen LogP contribution in [0.5, 0.6) is 0 Å². The summed E-state index contributed by atoms with van der Waals surface area (Å²) in [6, 6.07) is 4.41. The molecule has 0 spiro atoms. The molecule has 0 fully saturated rings. The molecular weight excluding hydrogens is 264 g/mol. The molecule has 0 radical (unpaired) electrons. The van der Waals surface area contributed by atoms with Crippen molar-refractivity contribution < 1.29 is 19.8 Å². The number of nitrogens with zero attached hydrogens (tertiary/aromatic N) is 2. The number of carbonyl (C=O) groups excluding carboxylic acids is 1. The van der Waals surface area contributed by atoms with Crippen LogP contribution in [0.2, 0.25) is 5.02 Å². The summed E-state index contributed by atoms with van der Waals surface area (Å²) < 4.78 is 0. The van der Waals surface area contributed by atoms with E-state index < -0.39 is 23.4 Å². The second-order valence-electron chi connectivity index (χ2n) is 3.75. The molecule has 18 heavy (non-hydrogen) atoms. The van der Waals surface area contributed by atoms with Gasteiger partial charge in [0.2, 0.25) is 0 Å². The quantitative estimate of drug-likeness (QED) is 0.662. The van der Waals surface area contributed by atoms with E-state index in [1.807, 2.05) is 0 Å². The lowest BCUT2D eigenvalue weighted by Crippen LogP contribution is -2.39. The molecule has 1 amide bonds. The molecule has 1 aromatic rings. The van der Waals surface area contributed by atoms with Crippen LogP contribution < -0.4 is 0 Å². The largest absolute Gasteiger partial charge is 0.369 e. The van der Waals surface area contributed by atoms with Crippen molar-refractivity contribution >= 4 is 17.5 Å². The topological polar surface area (TPSA) is 92.9 Å². The molecule has 2 unspecified atom stereocenters. The maximum Gasteiger partial charge on any atom is 0.296 e. The van der Waals surface area contributed by atoms with Crippen molar-refractivity contribution in [3.05, 3.63) is 44.5 Å². The molecule has 0 saturated heterocycles. The zero-order chi connectivity index (χ0) is 13.4. The second-order valence-corrected chi connectivity index (χ2v) is 4.18. The number of carbonyl (C=O) groups is 1. The summed E-state index contributed by atoms with van der Waals surface area (Å²) in [5.41, 5.74) is 0.567. The molecule has 8 heteroatoms. The van der Waals surface area contributed by atoms with Gasteiger partial charge in [-0.15, -0.1) is 10.1 Å². The maximum absolute atomic E-state index is 12.0. The lowest BCUT2D eigenvalue weighted by molar-refractivity contribution is -0.773. The summed E-state index contributed by atoms with van der Waals surface area (Å²) in [6.07, 6.45) is -2.49. The Kier molecular flexibility index (Phi) is 3.10. The number of benzene rings is 1. The number of hydrogen-bond acceptors (Lipinski definition) is 5. The maximum atomic E-state index is 12.0. The first-order valence-corrected chi connectivity index (χ1v) is 5.41. The van der Waals surface area contributed by atoms with Gasteiger partial charge in [0, 0.05) is 16.1 Å².